The highest BCUT2D eigenvalue weighted by Gasteiger charge is 2.34. The lowest BCUT2D eigenvalue weighted by molar-refractivity contribution is 0.0925. The number of aromatic nitrogens is 1. The van der Waals surface area contributed by atoms with Crippen LogP contribution in [0.1, 0.15) is 15.9 Å². The van der Waals surface area contributed by atoms with Crippen molar-refractivity contribution in [1.29, 1.82) is 0 Å². The van der Waals surface area contributed by atoms with Crippen molar-refractivity contribution in [3.8, 4) is 0 Å². The summed E-state index contributed by atoms with van der Waals surface area (Å²) in [4.78, 5) is 16.2. The van der Waals surface area contributed by atoms with Crippen molar-refractivity contribution in [3.05, 3.63) is 29.6 Å². The summed E-state index contributed by atoms with van der Waals surface area (Å²) in [6.45, 7) is 2.50. The average Bonchev–Trinajstić information content (AvgIpc) is 2.85. The Balaban J connectivity index is 2.04. The second-order valence-electron chi connectivity index (χ2n) is 5.69. The highest BCUT2D eigenvalue weighted by atomic mass is 32.2. The monoisotopic (exact) mass is 327 g/mol. The first-order chi connectivity index (χ1) is 10.3. The number of aryl methyl sites for hydroxylation is 1. The molecule has 0 spiro atoms. The fourth-order valence-electron chi connectivity index (χ4n) is 2.27. The average molecular weight is 327 g/mol. The molecule has 2 heterocycles. The van der Waals surface area contributed by atoms with Crippen LogP contribution >= 0.6 is 0 Å². The summed E-state index contributed by atoms with van der Waals surface area (Å²) in [5.41, 5.74) is 1.35. The van der Waals surface area contributed by atoms with E-state index in [0.29, 0.717) is 18.8 Å². The van der Waals surface area contributed by atoms with E-state index in [1.165, 1.54) is 24.6 Å². The number of hydrogen-bond acceptors (Lipinski definition) is 5. The lowest BCUT2D eigenvalue weighted by Gasteiger charge is -2.21. The number of hydrogen-bond donors (Lipinski definition) is 1. The van der Waals surface area contributed by atoms with Gasteiger partial charge in [-0.05, 0) is 18.6 Å². The minimum Gasteiger partial charge on any atom is -0.379 e. The molecule has 2 rings (SSSR count). The molecule has 1 aliphatic rings. The fraction of sp³-hybridized carbons (Fsp3) is 0.571. The predicted octanol–water partition coefficient (Wildman–Crippen LogP) is 0.0262. The Bertz CT molecular complexity index is 645. The molecule has 122 valence electrons. The van der Waals surface area contributed by atoms with Gasteiger partial charge in [-0.3, -0.25) is 9.78 Å². The number of sulfonamides is 1. The number of nitrogens with one attached hydrogen (secondary N) is 1. The molecular formula is C14H21N3O4S. The van der Waals surface area contributed by atoms with Crippen LogP contribution in [0.3, 0.4) is 0 Å². The van der Waals surface area contributed by atoms with Gasteiger partial charge >= 0.3 is 0 Å². The first kappa shape index (κ1) is 16.9. The van der Waals surface area contributed by atoms with Crippen molar-refractivity contribution in [3.63, 3.8) is 0 Å². The van der Waals surface area contributed by atoms with Gasteiger partial charge in [0.25, 0.3) is 5.91 Å². The highest BCUT2D eigenvalue weighted by molar-refractivity contribution is 7.89. The molecule has 2 atom stereocenters. The van der Waals surface area contributed by atoms with Crippen LogP contribution in [0.4, 0.5) is 0 Å². The largest absolute Gasteiger partial charge is 0.379 e. The Kier molecular flexibility index (Phi) is 5.15. The predicted molar refractivity (Wildman–Crippen MR) is 82.0 cm³/mol. The van der Waals surface area contributed by atoms with Gasteiger partial charge in [0, 0.05) is 32.4 Å². The van der Waals surface area contributed by atoms with Gasteiger partial charge in [0.05, 0.1) is 30.6 Å². The molecule has 1 aromatic rings. The van der Waals surface area contributed by atoms with Crippen molar-refractivity contribution >= 4 is 15.9 Å². The number of nitrogens with zero attached hydrogens (tertiary/aromatic N) is 2. The number of rotatable bonds is 5. The summed E-state index contributed by atoms with van der Waals surface area (Å²) in [7, 11) is -0.338. The van der Waals surface area contributed by atoms with Crippen LogP contribution in [0.2, 0.25) is 0 Å². The summed E-state index contributed by atoms with van der Waals surface area (Å²) in [5.74, 6) is -0.565. The zero-order chi connectivity index (χ0) is 16.3. The van der Waals surface area contributed by atoms with E-state index in [1.54, 1.807) is 12.3 Å². The maximum absolute atomic E-state index is 12.2. The van der Waals surface area contributed by atoms with Gasteiger partial charge in [-0.1, -0.05) is 0 Å². The number of carbonyl (C=O) groups is 1. The summed E-state index contributed by atoms with van der Waals surface area (Å²) >= 11 is 0. The first-order valence-corrected chi connectivity index (χ1v) is 8.61. The highest BCUT2D eigenvalue weighted by Crippen LogP contribution is 2.17. The van der Waals surface area contributed by atoms with Crippen LogP contribution in [0.25, 0.3) is 0 Å². The SMILES string of the molecule is Cc1cncc(C(=O)N[C@H]2COC[C@H]2CS(=O)(=O)N(C)C)c1. The maximum Gasteiger partial charge on any atom is 0.253 e. The van der Waals surface area contributed by atoms with E-state index < -0.39 is 10.0 Å². The molecule has 0 aliphatic carbocycles. The standard InChI is InChI=1S/C14H21N3O4S/c1-10-4-11(6-15-5-10)14(18)16-13-8-21-7-12(13)9-22(19,20)17(2)3/h4-6,12-13H,7-9H2,1-3H3,(H,16,18)/t12-,13-/m0/s1. The Hall–Kier alpha value is -1.51. The lowest BCUT2D eigenvalue weighted by Crippen LogP contribution is -2.43. The van der Waals surface area contributed by atoms with Crippen molar-refractivity contribution in [2.75, 3.05) is 33.1 Å². The van der Waals surface area contributed by atoms with Crippen molar-refractivity contribution < 1.29 is 17.9 Å². The zero-order valence-electron chi connectivity index (χ0n) is 12.9. The zero-order valence-corrected chi connectivity index (χ0v) is 13.8. The van der Waals surface area contributed by atoms with Crippen LogP contribution < -0.4 is 5.32 Å². The molecule has 0 bridgehead atoms. The third kappa shape index (κ3) is 4.02. The van der Waals surface area contributed by atoms with Gasteiger partial charge in [0.1, 0.15) is 0 Å². The lowest BCUT2D eigenvalue weighted by atomic mass is 10.1. The maximum atomic E-state index is 12.2. The molecular weight excluding hydrogens is 306 g/mol. The van der Waals surface area contributed by atoms with Gasteiger partial charge < -0.3 is 10.1 Å². The topological polar surface area (TPSA) is 88.6 Å². The Morgan fingerprint density at radius 2 is 2.14 bits per heavy atom. The molecule has 0 unspecified atom stereocenters. The van der Waals surface area contributed by atoms with Gasteiger partial charge in [0.15, 0.2) is 0 Å². The molecule has 0 radical (unpaired) electrons. The van der Waals surface area contributed by atoms with E-state index in [1.807, 2.05) is 6.92 Å². The molecule has 0 aromatic carbocycles. The Labute approximate surface area is 130 Å². The number of ether oxygens (including phenoxy) is 1. The molecule has 1 aromatic heterocycles. The second-order valence-corrected chi connectivity index (χ2v) is 7.92. The molecule has 1 N–H and O–H groups in total. The number of amides is 1. The molecule has 1 saturated heterocycles. The molecule has 7 nitrogen and oxygen atoms in total. The molecule has 1 amide bonds. The van der Waals surface area contributed by atoms with Gasteiger partial charge in [-0.2, -0.15) is 0 Å². The second kappa shape index (κ2) is 6.72. The van der Waals surface area contributed by atoms with Crippen molar-refractivity contribution in [1.82, 2.24) is 14.6 Å². The van der Waals surface area contributed by atoms with Crippen LogP contribution in [-0.4, -0.2) is 62.7 Å². The summed E-state index contributed by atoms with van der Waals surface area (Å²) in [5, 5.41) is 2.85. The van der Waals surface area contributed by atoms with Crippen molar-refractivity contribution in [2.45, 2.75) is 13.0 Å². The van der Waals surface area contributed by atoms with Crippen LogP contribution in [0, 0.1) is 12.8 Å². The van der Waals surface area contributed by atoms with E-state index in [2.05, 4.69) is 10.3 Å². The molecule has 8 heteroatoms. The van der Waals surface area contributed by atoms with Crippen LogP contribution in [-0.2, 0) is 14.8 Å². The molecule has 0 saturated carbocycles. The first-order valence-electron chi connectivity index (χ1n) is 7.00. The van der Waals surface area contributed by atoms with Gasteiger partial charge in [-0.15, -0.1) is 0 Å². The molecule has 1 aliphatic heterocycles. The van der Waals surface area contributed by atoms with E-state index in [9.17, 15) is 13.2 Å². The van der Waals surface area contributed by atoms with E-state index in [4.69, 9.17) is 4.74 Å². The van der Waals surface area contributed by atoms with E-state index in [0.717, 1.165) is 5.56 Å². The fourth-order valence-corrected chi connectivity index (χ4v) is 3.44. The van der Waals surface area contributed by atoms with E-state index >= 15 is 0 Å². The molecule has 22 heavy (non-hydrogen) atoms. The minimum atomic E-state index is -3.33. The summed E-state index contributed by atoms with van der Waals surface area (Å²) in [6, 6.07) is 1.42. The quantitative estimate of drug-likeness (QED) is 0.824. The van der Waals surface area contributed by atoms with Crippen molar-refractivity contribution in [2.24, 2.45) is 5.92 Å². The number of pyridine rings is 1. The normalized spacial score (nSPS) is 22.0. The summed E-state index contributed by atoms with van der Waals surface area (Å²) < 4.78 is 30.5. The van der Waals surface area contributed by atoms with Crippen LogP contribution in [0.15, 0.2) is 18.5 Å². The van der Waals surface area contributed by atoms with Crippen LogP contribution in [0.5, 0.6) is 0 Å². The minimum absolute atomic E-state index is 0.0446. The number of carbonyl (C=O) groups excluding carboxylic acids is 1. The Morgan fingerprint density at radius 3 is 2.77 bits per heavy atom. The Morgan fingerprint density at radius 1 is 1.41 bits per heavy atom. The smallest absolute Gasteiger partial charge is 0.253 e. The third-order valence-corrected chi connectivity index (χ3v) is 5.60. The third-order valence-electron chi connectivity index (χ3n) is 3.63. The van der Waals surface area contributed by atoms with Gasteiger partial charge in [0.2, 0.25) is 10.0 Å². The van der Waals surface area contributed by atoms with E-state index in [-0.39, 0.29) is 23.6 Å². The van der Waals surface area contributed by atoms with Gasteiger partial charge in [-0.25, -0.2) is 12.7 Å². The molecule has 1 fully saturated rings. The summed E-state index contributed by atoms with van der Waals surface area (Å²) in [6.07, 6.45) is 3.16.